The fourth-order valence-electron chi connectivity index (χ4n) is 2.11. The van der Waals surface area contributed by atoms with Gasteiger partial charge in [-0.2, -0.15) is 0 Å². The molecule has 0 spiro atoms. The Morgan fingerprint density at radius 2 is 2.38 bits per heavy atom. The average molecular weight is 185 g/mol. The van der Waals surface area contributed by atoms with Gasteiger partial charge in [-0.3, -0.25) is 4.79 Å². The standard InChI is InChI=1S/C10H19NO2/c1-3-8(4-5-10(12)13)9-6-7-11(9)2/h8-9H,3-7H2,1-2H3,(H,12,13). The third-order valence-electron chi connectivity index (χ3n) is 3.14. The van der Waals surface area contributed by atoms with Crippen molar-refractivity contribution in [2.75, 3.05) is 13.6 Å². The predicted molar refractivity (Wildman–Crippen MR) is 51.7 cm³/mol. The zero-order chi connectivity index (χ0) is 9.84. The summed E-state index contributed by atoms with van der Waals surface area (Å²) in [6.45, 7) is 3.33. The van der Waals surface area contributed by atoms with Crippen molar-refractivity contribution in [3.8, 4) is 0 Å². The van der Waals surface area contributed by atoms with Crippen molar-refractivity contribution in [1.29, 1.82) is 0 Å². The molecule has 1 aliphatic rings. The van der Waals surface area contributed by atoms with Crippen LogP contribution in [0.15, 0.2) is 0 Å². The second-order valence-corrected chi connectivity index (χ2v) is 3.94. The number of nitrogens with zero attached hydrogens (tertiary/aromatic N) is 1. The topological polar surface area (TPSA) is 40.5 Å². The summed E-state index contributed by atoms with van der Waals surface area (Å²) in [6, 6.07) is 0.643. The number of carboxylic acids is 1. The molecule has 0 aromatic rings. The van der Waals surface area contributed by atoms with Crippen LogP contribution in [0.25, 0.3) is 0 Å². The van der Waals surface area contributed by atoms with Crippen LogP contribution in [0.1, 0.15) is 32.6 Å². The fraction of sp³-hybridized carbons (Fsp3) is 0.900. The van der Waals surface area contributed by atoms with E-state index in [2.05, 4.69) is 18.9 Å². The third kappa shape index (κ3) is 2.69. The summed E-state index contributed by atoms with van der Waals surface area (Å²) in [5.74, 6) is -0.0877. The average Bonchev–Trinajstić information content (AvgIpc) is 2.08. The van der Waals surface area contributed by atoms with Crippen LogP contribution in [0, 0.1) is 5.92 Å². The maximum absolute atomic E-state index is 10.4. The molecule has 0 aliphatic carbocycles. The van der Waals surface area contributed by atoms with Crippen LogP contribution >= 0.6 is 0 Å². The molecule has 2 unspecified atom stereocenters. The van der Waals surface area contributed by atoms with Gasteiger partial charge in [-0.05, 0) is 32.4 Å². The van der Waals surface area contributed by atoms with Crippen molar-refractivity contribution in [3.05, 3.63) is 0 Å². The summed E-state index contributed by atoms with van der Waals surface area (Å²) >= 11 is 0. The van der Waals surface area contributed by atoms with E-state index >= 15 is 0 Å². The molecule has 1 rings (SSSR count). The van der Waals surface area contributed by atoms with E-state index in [-0.39, 0.29) is 0 Å². The highest BCUT2D eigenvalue weighted by Gasteiger charge is 2.30. The van der Waals surface area contributed by atoms with Gasteiger partial charge in [0.1, 0.15) is 0 Å². The lowest BCUT2D eigenvalue weighted by atomic mass is 9.84. The molecule has 1 N–H and O–H groups in total. The first-order valence-corrected chi connectivity index (χ1v) is 5.07. The van der Waals surface area contributed by atoms with Crippen LogP contribution in [-0.4, -0.2) is 35.6 Å². The summed E-state index contributed by atoms with van der Waals surface area (Å²) in [6.07, 6.45) is 3.50. The van der Waals surface area contributed by atoms with Gasteiger partial charge in [-0.25, -0.2) is 0 Å². The first kappa shape index (κ1) is 10.5. The van der Waals surface area contributed by atoms with Crippen molar-refractivity contribution in [3.63, 3.8) is 0 Å². The molecular formula is C10H19NO2. The molecule has 0 bridgehead atoms. The molecule has 0 aromatic heterocycles. The van der Waals surface area contributed by atoms with E-state index in [1.807, 2.05) is 0 Å². The van der Waals surface area contributed by atoms with Gasteiger partial charge in [0.05, 0.1) is 0 Å². The van der Waals surface area contributed by atoms with Crippen LogP contribution in [0.4, 0.5) is 0 Å². The van der Waals surface area contributed by atoms with E-state index in [0.717, 1.165) is 12.8 Å². The smallest absolute Gasteiger partial charge is 0.303 e. The van der Waals surface area contributed by atoms with E-state index in [1.165, 1.54) is 13.0 Å². The van der Waals surface area contributed by atoms with Crippen molar-refractivity contribution < 1.29 is 9.90 Å². The molecule has 0 saturated carbocycles. The lowest BCUT2D eigenvalue weighted by Gasteiger charge is -2.43. The second kappa shape index (κ2) is 4.61. The monoisotopic (exact) mass is 185 g/mol. The molecule has 0 radical (unpaired) electrons. The zero-order valence-electron chi connectivity index (χ0n) is 8.49. The number of hydrogen-bond donors (Lipinski definition) is 1. The maximum atomic E-state index is 10.4. The predicted octanol–water partition coefficient (Wildman–Crippen LogP) is 1.58. The Kier molecular flexibility index (Phi) is 3.72. The third-order valence-corrected chi connectivity index (χ3v) is 3.14. The van der Waals surface area contributed by atoms with Crippen molar-refractivity contribution in [2.45, 2.75) is 38.6 Å². The second-order valence-electron chi connectivity index (χ2n) is 3.94. The van der Waals surface area contributed by atoms with Crippen LogP contribution in [0.2, 0.25) is 0 Å². The number of hydrogen-bond acceptors (Lipinski definition) is 2. The van der Waals surface area contributed by atoms with Gasteiger partial charge in [-0.15, -0.1) is 0 Å². The van der Waals surface area contributed by atoms with Crippen LogP contribution < -0.4 is 0 Å². The number of carbonyl (C=O) groups is 1. The Bertz CT molecular complexity index is 182. The van der Waals surface area contributed by atoms with Crippen LogP contribution in [0.3, 0.4) is 0 Å². The van der Waals surface area contributed by atoms with Gasteiger partial charge in [0.2, 0.25) is 0 Å². The SMILES string of the molecule is CCC(CCC(=O)O)C1CCN1C. The first-order valence-electron chi connectivity index (χ1n) is 5.07. The Morgan fingerprint density at radius 3 is 2.69 bits per heavy atom. The molecule has 3 heteroatoms. The summed E-state index contributed by atoms with van der Waals surface area (Å²) in [5.41, 5.74) is 0. The van der Waals surface area contributed by atoms with Gasteiger partial charge < -0.3 is 10.0 Å². The summed E-state index contributed by atoms with van der Waals surface area (Å²) in [5, 5.41) is 8.58. The molecule has 76 valence electrons. The molecule has 0 amide bonds. The Hall–Kier alpha value is -0.570. The van der Waals surface area contributed by atoms with Gasteiger partial charge in [0.25, 0.3) is 0 Å². The highest BCUT2D eigenvalue weighted by molar-refractivity contribution is 5.66. The Balaban J connectivity index is 2.29. The van der Waals surface area contributed by atoms with E-state index in [4.69, 9.17) is 5.11 Å². The van der Waals surface area contributed by atoms with E-state index in [1.54, 1.807) is 0 Å². The molecule has 13 heavy (non-hydrogen) atoms. The fourth-order valence-corrected chi connectivity index (χ4v) is 2.11. The lowest BCUT2D eigenvalue weighted by Crippen LogP contribution is -2.49. The molecule has 1 saturated heterocycles. The molecule has 3 nitrogen and oxygen atoms in total. The first-order chi connectivity index (χ1) is 6.15. The number of rotatable bonds is 5. The quantitative estimate of drug-likeness (QED) is 0.707. The van der Waals surface area contributed by atoms with Gasteiger partial charge in [0, 0.05) is 12.5 Å². The van der Waals surface area contributed by atoms with Crippen molar-refractivity contribution in [2.24, 2.45) is 5.92 Å². The van der Waals surface area contributed by atoms with E-state index in [0.29, 0.717) is 18.4 Å². The highest BCUT2D eigenvalue weighted by atomic mass is 16.4. The minimum atomic E-state index is -0.666. The minimum absolute atomic E-state index is 0.322. The lowest BCUT2D eigenvalue weighted by molar-refractivity contribution is -0.137. The minimum Gasteiger partial charge on any atom is -0.481 e. The Labute approximate surface area is 79.7 Å². The molecule has 1 aliphatic heterocycles. The maximum Gasteiger partial charge on any atom is 0.303 e. The van der Waals surface area contributed by atoms with Crippen LogP contribution in [0.5, 0.6) is 0 Å². The molecule has 1 heterocycles. The normalized spacial score (nSPS) is 25.2. The molecular weight excluding hydrogens is 166 g/mol. The summed E-state index contributed by atoms with van der Waals surface area (Å²) in [4.78, 5) is 12.7. The summed E-state index contributed by atoms with van der Waals surface area (Å²) in [7, 11) is 2.12. The van der Waals surface area contributed by atoms with E-state index in [9.17, 15) is 4.79 Å². The largest absolute Gasteiger partial charge is 0.481 e. The number of carboxylic acid groups (broad SMARTS) is 1. The molecule has 2 atom stereocenters. The number of likely N-dealkylation sites (tertiary alicyclic amines) is 1. The van der Waals surface area contributed by atoms with Gasteiger partial charge >= 0.3 is 5.97 Å². The summed E-state index contributed by atoms with van der Waals surface area (Å²) < 4.78 is 0. The van der Waals surface area contributed by atoms with Gasteiger partial charge in [-0.1, -0.05) is 13.3 Å². The number of aliphatic carboxylic acids is 1. The molecule has 1 fully saturated rings. The van der Waals surface area contributed by atoms with E-state index < -0.39 is 5.97 Å². The zero-order valence-corrected chi connectivity index (χ0v) is 8.49. The Morgan fingerprint density at radius 1 is 1.69 bits per heavy atom. The molecule has 0 aromatic carbocycles. The van der Waals surface area contributed by atoms with Gasteiger partial charge in [0.15, 0.2) is 0 Å². The highest BCUT2D eigenvalue weighted by Crippen LogP contribution is 2.28. The van der Waals surface area contributed by atoms with Crippen molar-refractivity contribution in [1.82, 2.24) is 4.90 Å². The van der Waals surface area contributed by atoms with Crippen molar-refractivity contribution >= 4 is 5.97 Å². The van der Waals surface area contributed by atoms with Crippen LogP contribution in [-0.2, 0) is 4.79 Å².